The molecule has 0 saturated heterocycles. The van der Waals surface area contributed by atoms with Crippen LogP contribution < -0.4 is 5.19 Å². The van der Waals surface area contributed by atoms with Gasteiger partial charge in [-0.05, 0) is 40.8 Å². The highest BCUT2D eigenvalue weighted by Gasteiger charge is 2.36. The van der Waals surface area contributed by atoms with Gasteiger partial charge in [-0.1, -0.05) is 55.5 Å². The lowest BCUT2D eigenvalue weighted by atomic mass is 10.0. The van der Waals surface area contributed by atoms with Crippen LogP contribution in [0.25, 0.3) is 11.1 Å². The Kier molecular flexibility index (Phi) is 5.09. The lowest BCUT2D eigenvalue weighted by Crippen LogP contribution is -2.44. The molecule has 136 valence electrons. The van der Waals surface area contributed by atoms with Crippen molar-refractivity contribution in [2.75, 3.05) is 6.61 Å². The predicted octanol–water partition coefficient (Wildman–Crippen LogP) is 4.59. The zero-order valence-electron chi connectivity index (χ0n) is 15.6. The second-order valence-electron chi connectivity index (χ2n) is 7.70. The zero-order valence-corrected chi connectivity index (χ0v) is 17.4. The normalized spacial score (nSPS) is 12.7. The van der Waals surface area contributed by atoms with E-state index in [2.05, 4.69) is 19.6 Å². The molecule has 0 spiro atoms. The van der Waals surface area contributed by atoms with Crippen LogP contribution in [0.3, 0.4) is 0 Å². The van der Waals surface area contributed by atoms with Crippen LogP contribution in [0.15, 0.2) is 30.3 Å². The summed E-state index contributed by atoms with van der Waals surface area (Å²) in [5, 5.41) is 1.84. The van der Waals surface area contributed by atoms with Crippen molar-refractivity contribution in [1.29, 1.82) is 0 Å². The maximum atomic E-state index is 13.1. The van der Waals surface area contributed by atoms with E-state index in [1.54, 1.807) is 0 Å². The van der Waals surface area contributed by atoms with Gasteiger partial charge in [-0.2, -0.15) is 0 Å². The van der Waals surface area contributed by atoms with E-state index in [0.29, 0.717) is 24.5 Å². The van der Waals surface area contributed by atoms with Gasteiger partial charge in [-0.25, -0.2) is 0 Å². The molecule has 0 fully saturated rings. The van der Waals surface area contributed by atoms with Crippen LogP contribution in [-0.2, 0) is 16.0 Å². The summed E-state index contributed by atoms with van der Waals surface area (Å²) in [4.78, 5) is 24.1. The molecule has 1 aliphatic carbocycles. The van der Waals surface area contributed by atoms with Gasteiger partial charge in [0.15, 0.2) is 5.78 Å². The molecule has 2 aromatic carbocycles. The van der Waals surface area contributed by atoms with Gasteiger partial charge in [-0.3, -0.25) is 9.59 Å². The number of hydrogen-bond acceptors (Lipinski definition) is 3. The number of fused-ring (bicyclic) bond motifs is 3. The Morgan fingerprint density at radius 1 is 1.12 bits per heavy atom. The maximum absolute atomic E-state index is 13.1. The molecule has 3 rings (SSSR count). The number of ketones is 1. The van der Waals surface area contributed by atoms with Crippen LogP contribution in [0.5, 0.6) is 0 Å². The second kappa shape index (κ2) is 7.01. The molecule has 0 atom stereocenters. The monoisotopic (exact) mass is 386 g/mol. The summed E-state index contributed by atoms with van der Waals surface area (Å²) in [6, 6.07) is 9.67. The third kappa shape index (κ3) is 3.36. The summed E-state index contributed by atoms with van der Waals surface area (Å²) in [5.41, 5.74) is 4.56. The number of esters is 1. The molecule has 5 heteroatoms. The molecule has 0 saturated carbocycles. The molecule has 0 unspecified atom stereocenters. The molecular formula is C21H23ClO3Si. The first kappa shape index (κ1) is 18.9. The fraction of sp³-hybridized carbons (Fsp3) is 0.333. The Labute approximate surface area is 160 Å². The summed E-state index contributed by atoms with van der Waals surface area (Å²) < 4.78 is 5.06. The largest absolute Gasteiger partial charge is 0.466 e. The van der Waals surface area contributed by atoms with Crippen molar-refractivity contribution >= 4 is 36.6 Å². The minimum absolute atomic E-state index is 0.103. The number of hydrogen-bond donors (Lipinski definition) is 0. The molecule has 0 heterocycles. The number of ether oxygens (including phenoxy) is 1. The molecule has 0 radical (unpaired) electrons. The zero-order chi connectivity index (χ0) is 19.1. The van der Waals surface area contributed by atoms with Crippen molar-refractivity contribution in [1.82, 2.24) is 0 Å². The van der Waals surface area contributed by atoms with E-state index in [4.69, 9.17) is 16.3 Å². The molecule has 1 aliphatic rings. The SMILES string of the molecule is CC(=O)OCCCc1c(Cl)cc2c(c1[Si](C)(C)C)C(=O)c1ccccc1-2. The van der Waals surface area contributed by atoms with Crippen LogP contribution >= 0.6 is 11.6 Å². The number of halogens is 1. The number of rotatable bonds is 5. The summed E-state index contributed by atoms with van der Waals surface area (Å²) in [6.45, 7) is 8.49. The van der Waals surface area contributed by atoms with Crippen molar-refractivity contribution in [3.8, 4) is 11.1 Å². The van der Waals surface area contributed by atoms with E-state index in [-0.39, 0.29) is 11.8 Å². The van der Waals surface area contributed by atoms with Gasteiger partial charge in [0.1, 0.15) is 0 Å². The van der Waals surface area contributed by atoms with Crippen molar-refractivity contribution in [3.63, 3.8) is 0 Å². The topological polar surface area (TPSA) is 43.4 Å². The van der Waals surface area contributed by atoms with E-state index in [1.165, 1.54) is 6.92 Å². The van der Waals surface area contributed by atoms with E-state index in [0.717, 1.165) is 33.0 Å². The van der Waals surface area contributed by atoms with Crippen molar-refractivity contribution in [3.05, 3.63) is 52.0 Å². The van der Waals surface area contributed by atoms with Crippen LogP contribution in [0.2, 0.25) is 24.7 Å². The predicted molar refractivity (Wildman–Crippen MR) is 108 cm³/mol. The lowest BCUT2D eigenvalue weighted by molar-refractivity contribution is -0.141. The van der Waals surface area contributed by atoms with Gasteiger partial charge in [0.05, 0.1) is 14.7 Å². The van der Waals surface area contributed by atoms with Gasteiger partial charge < -0.3 is 4.74 Å². The molecule has 0 bridgehead atoms. The lowest BCUT2D eigenvalue weighted by Gasteiger charge is -2.25. The van der Waals surface area contributed by atoms with Crippen molar-refractivity contribution < 1.29 is 14.3 Å². The van der Waals surface area contributed by atoms with E-state index < -0.39 is 8.07 Å². The van der Waals surface area contributed by atoms with Crippen LogP contribution in [-0.4, -0.2) is 26.4 Å². The molecule has 0 amide bonds. The molecule has 3 nitrogen and oxygen atoms in total. The van der Waals surface area contributed by atoms with Crippen molar-refractivity contribution in [2.24, 2.45) is 0 Å². The standard InChI is InChI=1S/C21H23ClO3Si/c1-13(23)25-11-7-10-16-18(22)12-17-14-8-5-6-9-15(14)20(24)19(17)21(16)26(2,3)4/h5-6,8-9,12H,7,10-11H2,1-4H3. The van der Waals surface area contributed by atoms with E-state index >= 15 is 0 Å². The van der Waals surface area contributed by atoms with Gasteiger partial charge in [0, 0.05) is 23.1 Å². The Morgan fingerprint density at radius 2 is 1.77 bits per heavy atom. The molecular weight excluding hydrogens is 364 g/mol. The smallest absolute Gasteiger partial charge is 0.302 e. The molecule has 26 heavy (non-hydrogen) atoms. The summed E-state index contributed by atoms with van der Waals surface area (Å²) in [6.07, 6.45) is 1.39. The van der Waals surface area contributed by atoms with Crippen molar-refractivity contribution in [2.45, 2.75) is 39.4 Å². The average Bonchev–Trinajstić information content (AvgIpc) is 2.83. The van der Waals surface area contributed by atoms with Gasteiger partial charge in [0.2, 0.25) is 0 Å². The van der Waals surface area contributed by atoms with Gasteiger partial charge >= 0.3 is 5.97 Å². The highest BCUT2D eigenvalue weighted by atomic mass is 35.5. The minimum Gasteiger partial charge on any atom is -0.466 e. The first-order valence-electron chi connectivity index (χ1n) is 8.85. The highest BCUT2D eigenvalue weighted by molar-refractivity contribution is 6.90. The maximum Gasteiger partial charge on any atom is 0.302 e. The van der Waals surface area contributed by atoms with E-state index in [1.807, 2.05) is 30.3 Å². The molecule has 0 aromatic heterocycles. The Hall–Kier alpha value is -1.91. The number of carbonyl (C=O) groups excluding carboxylic acids is 2. The summed E-state index contributed by atoms with van der Waals surface area (Å²) >= 11 is 6.68. The van der Waals surface area contributed by atoms with Crippen LogP contribution in [0.1, 0.15) is 34.8 Å². The van der Waals surface area contributed by atoms with Gasteiger partial charge in [-0.15, -0.1) is 0 Å². The fourth-order valence-electron chi connectivity index (χ4n) is 3.73. The van der Waals surface area contributed by atoms with Crippen LogP contribution in [0.4, 0.5) is 0 Å². The Balaban J connectivity index is 2.11. The molecule has 0 aliphatic heterocycles. The average molecular weight is 387 g/mol. The minimum atomic E-state index is -1.84. The third-order valence-electron chi connectivity index (χ3n) is 4.70. The summed E-state index contributed by atoms with van der Waals surface area (Å²) in [7, 11) is -1.84. The molecule has 2 aromatic rings. The van der Waals surface area contributed by atoms with E-state index in [9.17, 15) is 9.59 Å². The third-order valence-corrected chi connectivity index (χ3v) is 7.08. The highest BCUT2D eigenvalue weighted by Crippen LogP contribution is 2.39. The number of benzene rings is 2. The van der Waals surface area contributed by atoms with Crippen LogP contribution in [0, 0.1) is 0 Å². The first-order chi connectivity index (χ1) is 12.2. The molecule has 0 N–H and O–H groups in total. The Morgan fingerprint density at radius 3 is 2.38 bits per heavy atom. The first-order valence-corrected chi connectivity index (χ1v) is 12.7. The quantitative estimate of drug-likeness (QED) is 0.366. The number of carbonyl (C=O) groups is 2. The summed E-state index contributed by atoms with van der Waals surface area (Å²) in [5.74, 6) is -0.174. The second-order valence-corrected chi connectivity index (χ2v) is 13.1. The van der Waals surface area contributed by atoms with Gasteiger partial charge in [0.25, 0.3) is 0 Å². The fourth-order valence-corrected chi connectivity index (χ4v) is 6.27. The Bertz CT molecular complexity index is 897.